The van der Waals surface area contributed by atoms with E-state index in [1.807, 2.05) is 6.07 Å². The van der Waals surface area contributed by atoms with E-state index in [-0.39, 0.29) is 12.6 Å². The SMILES string of the molecule is CCCC[C@@H](N)c1cc(CO)ccn1. The Bertz CT molecular complexity index is 276. The number of pyridine rings is 1. The number of aliphatic hydroxyl groups is 1. The van der Waals surface area contributed by atoms with Crippen LogP contribution in [0.25, 0.3) is 0 Å². The summed E-state index contributed by atoms with van der Waals surface area (Å²) in [6.45, 7) is 2.19. The maximum Gasteiger partial charge on any atom is 0.0683 e. The van der Waals surface area contributed by atoms with Gasteiger partial charge in [-0.3, -0.25) is 4.98 Å². The summed E-state index contributed by atoms with van der Waals surface area (Å²) in [5.41, 5.74) is 7.72. The molecule has 1 heterocycles. The first-order valence-electron chi connectivity index (χ1n) is 5.09. The highest BCUT2D eigenvalue weighted by Crippen LogP contribution is 2.15. The van der Waals surface area contributed by atoms with Gasteiger partial charge >= 0.3 is 0 Å². The van der Waals surface area contributed by atoms with Crippen LogP contribution < -0.4 is 5.73 Å². The Hall–Kier alpha value is -0.930. The molecule has 3 N–H and O–H groups in total. The lowest BCUT2D eigenvalue weighted by Crippen LogP contribution is -2.12. The smallest absolute Gasteiger partial charge is 0.0683 e. The van der Waals surface area contributed by atoms with Crippen LogP contribution in [-0.4, -0.2) is 10.1 Å². The van der Waals surface area contributed by atoms with Gasteiger partial charge in [-0.05, 0) is 24.1 Å². The second-order valence-electron chi connectivity index (χ2n) is 3.50. The summed E-state index contributed by atoms with van der Waals surface area (Å²) in [5, 5.41) is 8.95. The quantitative estimate of drug-likeness (QED) is 0.751. The first-order chi connectivity index (χ1) is 6.77. The van der Waals surface area contributed by atoms with Gasteiger partial charge in [0, 0.05) is 12.2 Å². The number of nitrogens with zero attached hydrogens (tertiary/aromatic N) is 1. The Morgan fingerprint density at radius 3 is 3.00 bits per heavy atom. The van der Waals surface area contributed by atoms with Gasteiger partial charge in [0.1, 0.15) is 0 Å². The lowest BCUT2D eigenvalue weighted by molar-refractivity contribution is 0.281. The molecule has 3 nitrogen and oxygen atoms in total. The molecule has 0 bridgehead atoms. The average molecular weight is 194 g/mol. The minimum atomic E-state index is 0.00134. The van der Waals surface area contributed by atoms with Gasteiger partial charge in [0.25, 0.3) is 0 Å². The summed E-state index contributed by atoms with van der Waals surface area (Å²) in [7, 11) is 0. The second-order valence-corrected chi connectivity index (χ2v) is 3.50. The summed E-state index contributed by atoms with van der Waals surface area (Å²) < 4.78 is 0. The van der Waals surface area contributed by atoms with Crippen molar-refractivity contribution < 1.29 is 5.11 Å². The molecule has 1 aromatic rings. The normalized spacial score (nSPS) is 12.8. The lowest BCUT2D eigenvalue weighted by Gasteiger charge is -2.10. The molecule has 1 aromatic heterocycles. The van der Waals surface area contributed by atoms with Gasteiger partial charge in [-0.15, -0.1) is 0 Å². The van der Waals surface area contributed by atoms with Crippen molar-refractivity contribution in [1.82, 2.24) is 4.98 Å². The molecule has 0 amide bonds. The molecule has 0 radical (unpaired) electrons. The van der Waals surface area contributed by atoms with Crippen LogP contribution in [0.5, 0.6) is 0 Å². The minimum Gasteiger partial charge on any atom is -0.392 e. The number of rotatable bonds is 5. The highest BCUT2D eigenvalue weighted by atomic mass is 16.3. The maximum absolute atomic E-state index is 8.95. The van der Waals surface area contributed by atoms with Crippen molar-refractivity contribution in [3.8, 4) is 0 Å². The predicted octanol–water partition coefficient (Wildman–Crippen LogP) is 1.76. The number of aliphatic hydroxyl groups excluding tert-OH is 1. The molecule has 0 aliphatic heterocycles. The van der Waals surface area contributed by atoms with Crippen LogP contribution in [0.2, 0.25) is 0 Å². The third-order valence-corrected chi connectivity index (χ3v) is 2.28. The van der Waals surface area contributed by atoms with E-state index >= 15 is 0 Å². The van der Waals surface area contributed by atoms with Gasteiger partial charge < -0.3 is 10.8 Å². The van der Waals surface area contributed by atoms with E-state index in [1.165, 1.54) is 0 Å². The van der Waals surface area contributed by atoms with Gasteiger partial charge in [0.05, 0.1) is 12.3 Å². The fraction of sp³-hybridized carbons (Fsp3) is 0.545. The van der Waals surface area contributed by atoms with Crippen molar-refractivity contribution in [2.24, 2.45) is 5.73 Å². The van der Waals surface area contributed by atoms with Crippen LogP contribution in [0.3, 0.4) is 0 Å². The van der Waals surface area contributed by atoms with Crippen molar-refractivity contribution in [1.29, 1.82) is 0 Å². The number of hydrogen-bond acceptors (Lipinski definition) is 3. The number of aromatic nitrogens is 1. The van der Waals surface area contributed by atoms with E-state index in [4.69, 9.17) is 10.8 Å². The highest BCUT2D eigenvalue weighted by Gasteiger charge is 2.06. The van der Waals surface area contributed by atoms with E-state index in [9.17, 15) is 0 Å². The molecule has 0 saturated heterocycles. The van der Waals surface area contributed by atoms with Gasteiger partial charge in [-0.25, -0.2) is 0 Å². The Morgan fingerprint density at radius 2 is 2.36 bits per heavy atom. The van der Waals surface area contributed by atoms with E-state index in [0.717, 1.165) is 30.5 Å². The van der Waals surface area contributed by atoms with Crippen LogP contribution in [0.1, 0.15) is 43.5 Å². The maximum atomic E-state index is 8.95. The molecule has 3 heteroatoms. The van der Waals surface area contributed by atoms with E-state index < -0.39 is 0 Å². The standard InChI is InChI=1S/C11H18N2O/c1-2-3-4-10(12)11-7-9(8-14)5-6-13-11/h5-7,10,14H,2-4,8,12H2,1H3/t10-/m1/s1. The molecule has 1 atom stereocenters. The molecule has 0 saturated carbocycles. The fourth-order valence-corrected chi connectivity index (χ4v) is 1.37. The summed E-state index contributed by atoms with van der Waals surface area (Å²) in [5.74, 6) is 0. The number of nitrogens with two attached hydrogens (primary N) is 1. The van der Waals surface area contributed by atoms with Crippen molar-refractivity contribution >= 4 is 0 Å². The van der Waals surface area contributed by atoms with Gasteiger partial charge in [-0.1, -0.05) is 19.8 Å². The Balaban J connectivity index is 2.64. The zero-order valence-electron chi connectivity index (χ0n) is 8.61. The van der Waals surface area contributed by atoms with Crippen molar-refractivity contribution in [2.45, 2.75) is 38.8 Å². The zero-order chi connectivity index (χ0) is 10.4. The van der Waals surface area contributed by atoms with Crippen LogP contribution in [0.15, 0.2) is 18.3 Å². The molecule has 0 fully saturated rings. The van der Waals surface area contributed by atoms with Gasteiger partial charge in [-0.2, -0.15) is 0 Å². The highest BCUT2D eigenvalue weighted by molar-refractivity contribution is 5.17. The second kappa shape index (κ2) is 5.73. The summed E-state index contributed by atoms with van der Waals surface area (Å²) in [6.07, 6.45) is 4.92. The summed E-state index contributed by atoms with van der Waals surface area (Å²) in [6, 6.07) is 3.68. The molecule has 0 spiro atoms. The molecule has 78 valence electrons. The van der Waals surface area contributed by atoms with Crippen LogP contribution >= 0.6 is 0 Å². The third-order valence-electron chi connectivity index (χ3n) is 2.28. The van der Waals surface area contributed by atoms with Crippen molar-refractivity contribution in [2.75, 3.05) is 0 Å². The van der Waals surface area contributed by atoms with Crippen molar-refractivity contribution in [3.63, 3.8) is 0 Å². The number of unbranched alkanes of at least 4 members (excludes halogenated alkanes) is 1. The molecular formula is C11H18N2O. The van der Waals surface area contributed by atoms with Crippen molar-refractivity contribution in [3.05, 3.63) is 29.6 Å². The molecule has 0 aliphatic carbocycles. The monoisotopic (exact) mass is 194 g/mol. The summed E-state index contributed by atoms with van der Waals surface area (Å²) in [4.78, 5) is 4.20. The first-order valence-corrected chi connectivity index (χ1v) is 5.09. The lowest BCUT2D eigenvalue weighted by atomic mass is 10.1. The molecule has 0 unspecified atom stereocenters. The minimum absolute atomic E-state index is 0.00134. The number of hydrogen-bond donors (Lipinski definition) is 2. The Morgan fingerprint density at radius 1 is 1.57 bits per heavy atom. The third kappa shape index (κ3) is 3.09. The van der Waals surface area contributed by atoms with E-state index in [1.54, 1.807) is 12.3 Å². The largest absolute Gasteiger partial charge is 0.392 e. The molecule has 1 rings (SSSR count). The molecule has 0 aliphatic rings. The molecule has 14 heavy (non-hydrogen) atoms. The average Bonchev–Trinajstić information content (AvgIpc) is 2.26. The van der Waals surface area contributed by atoms with Gasteiger partial charge in [0.2, 0.25) is 0 Å². The van der Waals surface area contributed by atoms with Crippen LogP contribution in [-0.2, 0) is 6.61 Å². The van der Waals surface area contributed by atoms with E-state index in [2.05, 4.69) is 11.9 Å². The van der Waals surface area contributed by atoms with Crippen LogP contribution in [0.4, 0.5) is 0 Å². The topological polar surface area (TPSA) is 59.1 Å². The molecular weight excluding hydrogens is 176 g/mol. The Labute approximate surface area is 85.0 Å². The van der Waals surface area contributed by atoms with Gasteiger partial charge in [0.15, 0.2) is 0 Å². The first kappa shape index (κ1) is 11.1. The molecule has 0 aromatic carbocycles. The fourth-order valence-electron chi connectivity index (χ4n) is 1.37. The van der Waals surface area contributed by atoms with E-state index in [0.29, 0.717) is 0 Å². The Kier molecular flexibility index (Phi) is 4.56. The summed E-state index contributed by atoms with van der Waals surface area (Å²) >= 11 is 0. The zero-order valence-corrected chi connectivity index (χ0v) is 8.61. The van der Waals surface area contributed by atoms with Crippen LogP contribution in [0, 0.1) is 0 Å². The predicted molar refractivity (Wildman–Crippen MR) is 56.6 cm³/mol.